The zero-order valence-corrected chi connectivity index (χ0v) is 11.7. The molecule has 6 nitrogen and oxygen atoms in total. The highest BCUT2D eigenvalue weighted by Gasteiger charge is 2.51. The number of Topliss-reactive ketones (excluding diaryl/α,β-unsaturated/α-hetero) is 1. The molecule has 1 heterocycles. The van der Waals surface area contributed by atoms with E-state index in [0.29, 0.717) is 5.75 Å². The Balaban J connectivity index is 0.00000137. The SMILES string of the molecule is C=O.COC(=O)C1CSC(C)(C(C)=O)N1C(C)=O. The number of thioether (sulfide) groups is 1. The number of hydrogen-bond donors (Lipinski definition) is 0. The third-order valence-corrected chi connectivity index (χ3v) is 4.29. The van der Waals surface area contributed by atoms with Gasteiger partial charge in [-0.2, -0.15) is 0 Å². The minimum Gasteiger partial charge on any atom is -0.467 e. The highest BCUT2D eigenvalue weighted by Crippen LogP contribution is 2.40. The molecule has 1 aliphatic rings. The van der Waals surface area contributed by atoms with Crippen LogP contribution in [0.25, 0.3) is 0 Å². The maximum absolute atomic E-state index is 11.6. The molecule has 1 fully saturated rings. The second-order valence-corrected chi connectivity index (χ2v) is 5.20. The summed E-state index contributed by atoms with van der Waals surface area (Å²) in [6.07, 6.45) is 0. The number of esters is 1. The van der Waals surface area contributed by atoms with Crippen molar-refractivity contribution in [3.63, 3.8) is 0 Å². The maximum Gasteiger partial charge on any atom is 0.329 e. The Bertz CT molecular complexity index is 359. The third-order valence-electron chi connectivity index (χ3n) is 2.76. The van der Waals surface area contributed by atoms with Crippen LogP contribution in [0.2, 0.25) is 0 Å². The predicted octanol–water partition coefficient (Wildman–Crippen LogP) is 0.244. The highest BCUT2D eigenvalue weighted by molar-refractivity contribution is 8.01. The van der Waals surface area contributed by atoms with Gasteiger partial charge in [0.25, 0.3) is 0 Å². The molecular formula is C11H17NO5S. The van der Waals surface area contributed by atoms with Gasteiger partial charge < -0.3 is 14.4 Å². The molecule has 1 saturated heterocycles. The van der Waals surface area contributed by atoms with Crippen LogP contribution in [0, 0.1) is 0 Å². The predicted molar refractivity (Wildman–Crippen MR) is 67.0 cm³/mol. The van der Waals surface area contributed by atoms with E-state index in [4.69, 9.17) is 4.79 Å². The van der Waals surface area contributed by atoms with Gasteiger partial charge in [0.2, 0.25) is 5.91 Å². The lowest BCUT2D eigenvalue weighted by molar-refractivity contribution is -0.154. The van der Waals surface area contributed by atoms with Crippen molar-refractivity contribution in [2.75, 3.05) is 12.9 Å². The number of ketones is 1. The molecule has 0 spiro atoms. The maximum atomic E-state index is 11.6. The zero-order valence-electron chi connectivity index (χ0n) is 10.9. The molecule has 1 amide bonds. The van der Waals surface area contributed by atoms with E-state index in [9.17, 15) is 14.4 Å². The van der Waals surface area contributed by atoms with Crippen molar-refractivity contribution in [2.24, 2.45) is 0 Å². The van der Waals surface area contributed by atoms with E-state index in [1.54, 1.807) is 6.92 Å². The van der Waals surface area contributed by atoms with Crippen LogP contribution in [0.5, 0.6) is 0 Å². The second-order valence-electron chi connectivity index (χ2n) is 3.78. The number of amides is 1. The third kappa shape index (κ3) is 2.90. The summed E-state index contributed by atoms with van der Waals surface area (Å²) < 4.78 is 4.63. The van der Waals surface area contributed by atoms with Gasteiger partial charge in [-0.3, -0.25) is 9.59 Å². The average molecular weight is 275 g/mol. The van der Waals surface area contributed by atoms with Gasteiger partial charge in [0.05, 0.1) is 7.11 Å². The van der Waals surface area contributed by atoms with E-state index in [-0.39, 0.29) is 11.7 Å². The average Bonchev–Trinajstić information content (AvgIpc) is 2.70. The Morgan fingerprint density at radius 1 is 1.33 bits per heavy atom. The van der Waals surface area contributed by atoms with Gasteiger partial charge in [0, 0.05) is 12.7 Å². The molecule has 102 valence electrons. The lowest BCUT2D eigenvalue weighted by atomic mass is 10.1. The molecule has 0 saturated carbocycles. The van der Waals surface area contributed by atoms with E-state index in [0.717, 1.165) is 0 Å². The minimum absolute atomic E-state index is 0.140. The van der Waals surface area contributed by atoms with Crippen molar-refractivity contribution in [3.05, 3.63) is 0 Å². The van der Waals surface area contributed by atoms with Crippen LogP contribution in [-0.4, -0.2) is 53.1 Å². The van der Waals surface area contributed by atoms with Crippen LogP contribution < -0.4 is 0 Å². The Kier molecular flexibility index (Phi) is 6.04. The summed E-state index contributed by atoms with van der Waals surface area (Å²) in [5, 5.41) is 0. The molecule has 0 N–H and O–H groups in total. The molecule has 0 aromatic carbocycles. The summed E-state index contributed by atoms with van der Waals surface area (Å²) in [7, 11) is 1.27. The van der Waals surface area contributed by atoms with Crippen LogP contribution in [0.4, 0.5) is 0 Å². The lowest BCUT2D eigenvalue weighted by Crippen LogP contribution is -2.53. The molecule has 0 aromatic heterocycles. The van der Waals surface area contributed by atoms with Crippen molar-refractivity contribution < 1.29 is 23.9 Å². The molecule has 0 radical (unpaired) electrons. The first-order chi connectivity index (χ1) is 8.34. The first kappa shape index (κ1) is 16.6. The van der Waals surface area contributed by atoms with E-state index < -0.39 is 16.9 Å². The molecule has 0 aliphatic carbocycles. The van der Waals surface area contributed by atoms with Crippen molar-refractivity contribution in [3.8, 4) is 0 Å². The molecule has 7 heteroatoms. The monoisotopic (exact) mass is 275 g/mol. The van der Waals surface area contributed by atoms with Crippen molar-refractivity contribution in [2.45, 2.75) is 31.7 Å². The lowest BCUT2D eigenvalue weighted by Gasteiger charge is -2.33. The number of hydrogen-bond acceptors (Lipinski definition) is 6. The fourth-order valence-electron chi connectivity index (χ4n) is 1.78. The standard InChI is InChI=1S/C10H15NO4S.CH2O/c1-6(12)10(3)11(7(2)13)8(5-16-10)9(14)15-4;1-2/h8H,5H2,1-4H3;1H2. The van der Waals surface area contributed by atoms with Crippen molar-refractivity contribution in [1.29, 1.82) is 0 Å². The summed E-state index contributed by atoms with van der Waals surface area (Å²) in [5.74, 6) is -0.521. The van der Waals surface area contributed by atoms with Crippen LogP contribution in [0.1, 0.15) is 20.8 Å². The summed E-state index contributed by atoms with van der Waals surface area (Å²) in [5.41, 5.74) is 0. The minimum atomic E-state index is -0.954. The Labute approximate surface area is 110 Å². The van der Waals surface area contributed by atoms with E-state index >= 15 is 0 Å². The van der Waals surface area contributed by atoms with E-state index in [2.05, 4.69) is 4.74 Å². The Hall–Kier alpha value is -1.37. The van der Waals surface area contributed by atoms with Crippen LogP contribution in [0.3, 0.4) is 0 Å². The smallest absolute Gasteiger partial charge is 0.329 e. The number of carbonyl (C=O) groups excluding carboxylic acids is 4. The number of methoxy groups -OCH3 is 1. The van der Waals surface area contributed by atoms with E-state index in [1.807, 2.05) is 6.79 Å². The fourth-order valence-corrected chi connectivity index (χ4v) is 3.15. The molecule has 0 aromatic rings. The Morgan fingerprint density at radius 3 is 2.17 bits per heavy atom. The van der Waals surface area contributed by atoms with Gasteiger partial charge in [0.1, 0.15) is 17.7 Å². The molecular weight excluding hydrogens is 258 g/mol. The first-order valence-corrected chi connectivity index (χ1v) is 6.14. The molecule has 1 rings (SSSR count). The highest BCUT2D eigenvalue weighted by atomic mass is 32.2. The number of rotatable bonds is 2. The molecule has 2 atom stereocenters. The van der Waals surface area contributed by atoms with E-state index in [1.165, 1.54) is 37.6 Å². The van der Waals surface area contributed by atoms with Gasteiger partial charge in [-0.1, -0.05) is 0 Å². The Morgan fingerprint density at radius 2 is 1.83 bits per heavy atom. The van der Waals surface area contributed by atoms with Crippen molar-refractivity contribution in [1.82, 2.24) is 4.90 Å². The van der Waals surface area contributed by atoms with Crippen LogP contribution in [-0.2, 0) is 23.9 Å². The quantitative estimate of drug-likeness (QED) is 0.672. The summed E-state index contributed by atoms with van der Waals surface area (Å²) in [6, 6.07) is -0.665. The number of nitrogens with zero attached hydrogens (tertiary/aromatic N) is 1. The summed E-state index contributed by atoms with van der Waals surface area (Å²) >= 11 is 1.30. The van der Waals surface area contributed by atoms with Gasteiger partial charge in [-0.25, -0.2) is 4.79 Å². The molecule has 1 aliphatic heterocycles. The van der Waals surface area contributed by atoms with Gasteiger partial charge in [-0.05, 0) is 13.8 Å². The summed E-state index contributed by atoms with van der Waals surface area (Å²) in [4.78, 5) is 43.0. The van der Waals surface area contributed by atoms with Crippen LogP contribution in [0.15, 0.2) is 0 Å². The number of ether oxygens (including phenoxy) is 1. The summed E-state index contributed by atoms with van der Waals surface area (Å²) in [6.45, 7) is 6.43. The second kappa shape index (κ2) is 6.53. The molecule has 0 bridgehead atoms. The molecule has 2 unspecified atom stereocenters. The van der Waals surface area contributed by atoms with Gasteiger partial charge in [0.15, 0.2) is 5.78 Å². The number of carbonyl (C=O) groups is 4. The van der Waals surface area contributed by atoms with Gasteiger partial charge in [-0.15, -0.1) is 11.8 Å². The van der Waals surface area contributed by atoms with Crippen molar-refractivity contribution >= 4 is 36.2 Å². The van der Waals surface area contributed by atoms with Gasteiger partial charge >= 0.3 is 5.97 Å². The first-order valence-electron chi connectivity index (χ1n) is 5.16. The largest absolute Gasteiger partial charge is 0.467 e. The zero-order chi connectivity index (χ0) is 14.5. The molecule has 18 heavy (non-hydrogen) atoms. The van der Waals surface area contributed by atoms with Crippen LogP contribution >= 0.6 is 11.8 Å². The normalized spacial score (nSPS) is 26.0. The topological polar surface area (TPSA) is 80.8 Å². The fraction of sp³-hybridized carbons (Fsp3) is 0.636.